The van der Waals surface area contributed by atoms with Gasteiger partial charge in [-0.05, 0) is 62.9 Å². The number of nitrogens with one attached hydrogen (secondary N) is 1. The second-order valence-corrected chi connectivity index (χ2v) is 5.79. The zero-order valence-electron chi connectivity index (χ0n) is 13.0. The Labute approximate surface area is 127 Å². The summed E-state index contributed by atoms with van der Waals surface area (Å²) in [6.45, 7) is 5.19. The number of ether oxygens (including phenoxy) is 1. The van der Waals surface area contributed by atoms with E-state index in [0.717, 1.165) is 36.3 Å². The van der Waals surface area contributed by atoms with E-state index in [1.54, 1.807) is 0 Å². The van der Waals surface area contributed by atoms with Crippen LogP contribution in [0.5, 0.6) is 5.75 Å². The van der Waals surface area contributed by atoms with Gasteiger partial charge in [0, 0.05) is 11.6 Å². The van der Waals surface area contributed by atoms with Crippen molar-refractivity contribution in [3.8, 4) is 5.75 Å². The van der Waals surface area contributed by atoms with Crippen LogP contribution in [0, 0.1) is 18.8 Å². The van der Waals surface area contributed by atoms with Gasteiger partial charge in [0.1, 0.15) is 5.75 Å². The molecule has 1 aliphatic carbocycles. The summed E-state index contributed by atoms with van der Waals surface area (Å²) >= 11 is 0. The summed E-state index contributed by atoms with van der Waals surface area (Å²) < 4.78 is 5.47. The standard InChI is InChI=1S/C17H26N2O2/c1-3-21-14-8-9-16(12(2)10-14)19-17(20)15-7-5-4-6-13(15)11-18/h8-10,13,15H,3-7,11,18H2,1-2H3,(H,19,20). The largest absolute Gasteiger partial charge is 0.494 e. The third kappa shape index (κ3) is 3.97. The smallest absolute Gasteiger partial charge is 0.227 e. The summed E-state index contributed by atoms with van der Waals surface area (Å²) in [5, 5.41) is 3.06. The number of nitrogens with two attached hydrogens (primary N) is 1. The molecule has 116 valence electrons. The Hall–Kier alpha value is -1.55. The van der Waals surface area contributed by atoms with Gasteiger partial charge in [-0.2, -0.15) is 0 Å². The van der Waals surface area contributed by atoms with Gasteiger partial charge in [-0.15, -0.1) is 0 Å². The van der Waals surface area contributed by atoms with Crippen LogP contribution in [-0.4, -0.2) is 19.1 Å². The van der Waals surface area contributed by atoms with Crippen molar-refractivity contribution in [1.29, 1.82) is 0 Å². The lowest BCUT2D eigenvalue weighted by atomic mass is 9.78. The van der Waals surface area contributed by atoms with E-state index in [0.29, 0.717) is 19.1 Å². The maximum absolute atomic E-state index is 12.5. The second-order valence-electron chi connectivity index (χ2n) is 5.79. The monoisotopic (exact) mass is 290 g/mol. The molecule has 1 fully saturated rings. The molecule has 1 aromatic carbocycles. The third-order valence-corrected chi connectivity index (χ3v) is 4.32. The summed E-state index contributed by atoms with van der Waals surface area (Å²) in [7, 11) is 0. The molecule has 4 heteroatoms. The zero-order valence-corrected chi connectivity index (χ0v) is 13.0. The van der Waals surface area contributed by atoms with Crippen LogP contribution < -0.4 is 15.8 Å². The first-order valence-corrected chi connectivity index (χ1v) is 7.90. The number of hydrogen-bond donors (Lipinski definition) is 2. The van der Waals surface area contributed by atoms with E-state index in [1.165, 1.54) is 6.42 Å². The number of amides is 1. The molecule has 1 amide bonds. The van der Waals surface area contributed by atoms with Crippen molar-refractivity contribution in [2.24, 2.45) is 17.6 Å². The van der Waals surface area contributed by atoms with Gasteiger partial charge in [0.15, 0.2) is 0 Å². The lowest BCUT2D eigenvalue weighted by Crippen LogP contribution is -2.35. The lowest BCUT2D eigenvalue weighted by Gasteiger charge is -2.29. The number of carbonyl (C=O) groups is 1. The van der Waals surface area contributed by atoms with E-state index in [-0.39, 0.29) is 11.8 Å². The van der Waals surface area contributed by atoms with E-state index in [4.69, 9.17) is 10.5 Å². The first-order valence-electron chi connectivity index (χ1n) is 7.90. The average Bonchev–Trinajstić information content (AvgIpc) is 2.50. The Kier molecular flexibility index (Phi) is 5.62. The predicted molar refractivity (Wildman–Crippen MR) is 85.5 cm³/mol. The van der Waals surface area contributed by atoms with Crippen LogP contribution in [0.3, 0.4) is 0 Å². The Bertz CT molecular complexity index is 488. The fraction of sp³-hybridized carbons (Fsp3) is 0.588. The molecule has 2 unspecified atom stereocenters. The van der Waals surface area contributed by atoms with Crippen molar-refractivity contribution in [1.82, 2.24) is 0 Å². The molecule has 0 aromatic heterocycles. The van der Waals surface area contributed by atoms with Crippen LogP contribution in [0.4, 0.5) is 5.69 Å². The van der Waals surface area contributed by atoms with Crippen LogP contribution in [0.25, 0.3) is 0 Å². The van der Waals surface area contributed by atoms with Crippen molar-refractivity contribution < 1.29 is 9.53 Å². The molecule has 0 aliphatic heterocycles. The molecular weight excluding hydrogens is 264 g/mol. The van der Waals surface area contributed by atoms with Crippen molar-refractivity contribution in [3.05, 3.63) is 23.8 Å². The second kappa shape index (κ2) is 7.46. The SMILES string of the molecule is CCOc1ccc(NC(=O)C2CCCCC2CN)c(C)c1. The molecule has 3 N–H and O–H groups in total. The van der Waals surface area contributed by atoms with E-state index >= 15 is 0 Å². The predicted octanol–water partition coefficient (Wildman–Crippen LogP) is 3.10. The minimum Gasteiger partial charge on any atom is -0.494 e. The quantitative estimate of drug-likeness (QED) is 0.876. The summed E-state index contributed by atoms with van der Waals surface area (Å²) in [5.41, 5.74) is 7.70. The molecule has 1 saturated carbocycles. The Balaban J connectivity index is 2.04. The number of rotatable bonds is 5. The van der Waals surface area contributed by atoms with Gasteiger partial charge in [0.2, 0.25) is 5.91 Å². The van der Waals surface area contributed by atoms with Crippen molar-refractivity contribution in [3.63, 3.8) is 0 Å². The van der Waals surface area contributed by atoms with Gasteiger partial charge in [-0.3, -0.25) is 4.79 Å². The normalized spacial score (nSPS) is 21.9. The number of hydrogen-bond acceptors (Lipinski definition) is 3. The zero-order chi connectivity index (χ0) is 15.2. The van der Waals surface area contributed by atoms with Crippen molar-refractivity contribution in [2.45, 2.75) is 39.5 Å². The Morgan fingerprint density at radius 2 is 2.14 bits per heavy atom. The molecule has 21 heavy (non-hydrogen) atoms. The number of anilines is 1. The van der Waals surface area contributed by atoms with Crippen LogP contribution in [0.1, 0.15) is 38.2 Å². The molecular formula is C17H26N2O2. The van der Waals surface area contributed by atoms with E-state index in [1.807, 2.05) is 32.0 Å². The highest BCUT2D eigenvalue weighted by Gasteiger charge is 2.30. The molecule has 0 saturated heterocycles. The van der Waals surface area contributed by atoms with Gasteiger partial charge >= 0.3 is 0 Å². The Morgan fingerprint density at radius 1 is 1.38 bits per heavy atom. The molecule has 1 aromatic rings. The average molecular weight is 290 g/mol. The minimum atomic E-state index is 0.0507. The molecule has 0 heterocycles. The molecule has 0 spiro atoms. The molecule has 0 radical (unpaired) electrons. The highest BCUT2D eigenvalue weighted by molar-refractivity contribution is 5.93. The summed E-state index contributed by atoms with van der Waals surface area (Å²) in [4.78, 5) is 12.5. The first kappa shape index (κ1) is 15.8. The minimum absolute atomic E-state index is 0.0507. The molecule has 2 rings (SSSR count). The fourth-order valence-corrected chi connectivity index (χ4v) is 3.09. The van der Waals surface area contributed by atoms with Crippen LogP contribution in [0.15, 0.2) is 18.2 Å². The van der Waals surface area contributed by atoms with Gasteiger partial charge < -0.3 is 15.8 Å². The van der Waals surface area contributed by atoms with Gasteiger partial charge in [0.25, 0.3) is 0 Å². The number of benzene rings is 1. The third-order valence-electron chi connectivity index (χ3n) is 4.32. The van der Waals surface area contributed by atoms with E-state index in [9.17, 15) is 4.79 Å². The van der Waals surface area contributed by atoms with E-state index in [2.05, 4.69) is 5.32 Å². The molecule has 2 atom stereocenters. The van der Waals surface area contributed by atoms with Crippen LogP contribution in [0.2, 0.25) is 0 Å². The topological polar surface area (TPSA) is 64.3 Å². The fourth-order valence-electron chi connectivity index (χ4n) is 3.09. The van der Waals surface area contributed by atoms with Crippen molar-refractivity contribution >= 4 is 11.6 Å². The molecule has 1 aliphatic rings. The van der Waals surface area contributed by atoms with E-state index < -0.39 is 0 Å². The maximum Gasteiger partial charge on any atom is 0.227 e. The molecule has 4 nitrogen and oxygen atoms in total. The molecule has 0 bridgehead atoms. The lowest BCUT2D eigenvalue weighted by molar-refractivity contribution is -0.122. The Morgan fingerprint density at radius 3 is 2.81 bits per heavy atom. The van der Waals surface area contributed by atoms with Gasteiger partial charge in [-0.1, -0.05) is 12.8 Å². The highest BCUT2D eigenvalue weighted by atomic mass is 16.5. The summed E-state index contributed by atoms with van der Waals surface area (Å²) in [6.07, 6.45) is 4.32. The first-order chi connectivity index (χ1) is 10.2. The van der Waals surface area contributed by atoms with Crippen LogP contribution >= 0.6 is 0 Å². The summed E-state index contributed by atoms with van der Waals surface area (Å²) in [5.74, 6) is 1.32. The highest BCUT2D eigenvalue weighted by Crippen LogP contribution is 2.31. The van der Waals surface area contributed by atoms with Gasteiger partial charge in [0.05, 0.1) is 6.61 Å². The maximum atomic E-state index is 12.5. The number of aryl methyl sites for hydroxylation is 1. The van der Waals surface area contributed by atoms with Crippen molar-refractivity contribution in [2.75, 3.05) is 18.5 Å². The van der Waals surface area contributed by atoms with Crippen LogP contribution in [-0.2, 0) is 4.79 Å². The summed E-state index contributed by atoms with van der Waals surface area (Å²) in [6, 6.07) is 5.77. The number of carbonyl (C=O) groups excluding carboxylic acids is 1. The van der Waals surface area contributed by atoms with Gasteiger partial charge in [-0.25, -0.2) is 0 Å².